The standard InChI is InChI=1S/C27H28N8O4S/c1-27(2,3)23-15-25(35(33-23)18-7-10-21-22(13-18)30-16-29-21)32-26(36)31-17-5-8-19(9-6-17)39-20-11-12-28-24(14-20)34-40(4,37)38/h5-16H,1-4H3,(H,28,34)(H,29,30)(H2,31,32,36). The second-order valence-electron chi connectivity index (χ2n) is 10.1. The number of amides is 2. The SMILES string of the molecule is CC(C)(C)c1cc(NC(=O)Nc2ccc(Oc3ccnc(NS(C)(=O)=O)c3)cc2)n(-c2ccc3nc[nH]c3c2)n1. The monoisotopic (exact) mass is 560 g/mol. The van der Waals surface area contributed by atoms with Crippen LogP contribution < -0.4 is 20.1 Å². The molecule has 3 aromatic heterocycles. The summed E-state index contributed by atoms with van der Waals surface area (Å²) in [6, 6.07) is 16.9. The molecule has 0 atom stereocenters. The van der Waals surface area contributed by atoms with Crippen molar-refractivity contribution in [1.82, 2.24) is 24.7 Å². The summed E-state index contributed by atoms with van der Waals surface area (Å²) in [6.45, 7) is 6.17. The number of ether oxygens (including phenoxy) is 1. The van der Waals surface area contributed by atoms with Gasteiger partial charge in [-0.2, -0.15) is 5.10 Å². The van der Waals surface area contributed by atoms with E-state index >= 15 is 0 Å². The van der Waals surface area contributed by atoms with Crippen molar-refractivity contribution in [3.8, 4) is 17.2 Å². The molecule has 0 fully saturated rings. The Morgan fingerprint density at radius 1 is 0.950 bits per heavy atom. The third kappa shape index (κ3) is 6.38. The molecule has 4 N–H and O–H groups in total. The summed E-state index contributed by atoms with van der Waals surface area (Å²) in [5, 5.41) is 10.5. The molecular formula is C27H28N8O4S. The number of carbonyl (C=O) groups is 1. The lowest BCUT2D eigenvalue weighted by Crippen LogP contribution is -2.21. The topological polar surface area (TPSA) is 156 Å². The molecule has 3 heterocycles. The van der Waals surface area contributed by atoms with Gasteiger partial charge in [-0.05, 0) is 48.5 Å². The molecule has 12 nitrogen and oxygen atoms in total. The maximum Gasteiger partial charge on any atom is 0.324 e. The molecule has 5 aromatic rings. The van der Waals surface area contributed by atoms with Crippen molar-refractivity contribution in [2.45, 2.75) is 26.2 Å². The predicted molar refractivity (Wildman–Crippen MR) is 154 cm³/mol. The van der Waals surface area contributed by atoms with Gasteiger partial charge < -0.3 is 15.0 Å². The van der Waals surface area contributed by atoms with E-state index in [9.17, 15) is 13.2 Å². The van der Waals surface area contributed by atoms with Gasteiger partial charge in [0.2, 0.25) is 10.0 Å². The first-order valence-corrected chi connectivity index (χ1v) is 14.2. The maximum atomic E-state index is 12.9. The largest absolute Gasteiger partial charge is 0.457 e. The van der Waals surface area contributed by atoms with Gasteiger partial charge in [-0.25, -0.2) is 27.9 Å². The number of aromatic amines is 1. The molecule has 2 amide bonds. The highest BCUT2D eigenvalue weighted by molar-refractivity contribution is 7.92. The van der Waals surface area contributed by atoms with Crippen LogP contribution in [0.4, 0.5) is 22.1 Å². The van der Waals surface area contributed by atoms with Gasteiger partial charge in [0.1, 0.15) is 23.1 Å². The number of benzene rings is 2. The zero-order valence-corrected chi connectivity index (χ0v) is 23.1. The number of H-pyrrole nitrogens is 1. The fourth-order valence-corrected chi connectivity index (χ4v) is 4.32. The molecule has 0 spiro atoms. The van der Waals surface area contributed by atoms with Gasteiger partial charge in [-0.3, -0.25) is 10.0 Å². The highest BCUT2D eigenvalue weighted by atomic mass is 32.2. The number of nitrogens with one attached hydrogen (secondary N) is 4. The molecule has 0 unspecified atom stereocenters. The summed E-state index contributed by atoms with van der Waals surface area (Å²) in [7, 11) is -3.46. The molecule has 0 aliphatic rings. The minimum atomic E-state index is -3.46. The van der Waals surface area contributed by atoms with Crippen LogP contribution in [0.5, 0.6) is 11.5 Å². The molecule has 40 heavy (non-hydrogen) atoms. The van der Waals surface area contributed by atoms with Gasteiger partial charge in [-0.15, -0.1) is 0 Å². The number of imidazole rings is 1. The Morgan fingerprint density at radius 2 is 1.73 bits per heavy atom. The van der Waals surface area contributed by atoms with E-state index in [4.69, 9.17) is 9.84 Å². The fraction of sp³-hybridized carbons (Fsp3) is 0.185. The number of urea groups is 1. The lowest BCUT2D eigenvalue weighted by Gasteiger charge is -2.14. The number of anilines is 3. The van der Waals surface area contributed by atoms with E-state index in [1.54, 1.807) is 41.3 Å². The summed E-state index contributed by atoms with van der Waals surface area (Å²) >= 11 is 0. The van der Waals surface area contributed by atoms with Crippen LogP contribution in [-0.4, -0.2) is 45.4 Å². The van der Waals surface area contributed by atoms with Gasteiger partial charge in [0.05, 0.1) is 35.0 Å². The molecular weight excluding hydrogens is 532 g/mol. The first-order valence-electron chi connectivity index (χ1n) is 12.3. The van der Waals surface area contributed by atoms with E-state index in [0.29, 0.717) is 23.0 Å². The van der Waals surface area contributed by atoms with Crippen molar-refractivity contribution in [2.75, 3.05) is 21.6 Å². The summed E-state index contributed by atoms with van der Waals surface area (Å²) in [4.78, 5) is 24.3. The van der Waals surface area contributed by atoms with E-state index in [2.05, 4.69) is 51.1 Å². The maximum absolute atomic E-state index is 12.9. The van der Waals surface area contributed by atoms with Crippen LogP contribution in [0.15, 0.2) is 73.2 Å². The number of aromatic nitrogens is 5. The fourth-order valence-electron chi connectivity index (χ4n) is 3.83. The number of pyridine rings is 1. The first-order chi connectivity index (χ1) is 18.9. The van der Waals surface area contributed by atoms with Crippen molar-refractivity contribution in [3.63, 3.8) is 0 Å². The van der Waals surface area contributed by atoms with Crippen LogP contribution in [0.25, 0.3) is 16.7 Å². The van der Waals surface area contributed by atoms with Gasteiger partial charge >= 0.3 is 6.03 Å². The Balaban J connectivity index is 1.29. The summed E-state index contributed by atoms with van der Waals surface area (Å²) < 4.78 is 32.7. The number of carbonyl (C=O) groups excluding carboxylic acids is 1. The minimum Gasteiger partial charge on any atom is -0.457 e. The van der Waals surface area contributed by atoms with Gasteiger partial charge in [0.25, 0.3) is 0 Å². The molecule has 13 heteroatoms. The lowest BCUT2D eigenvalue weighted by atomic mass is 9.92. The number of sulfonamides is 1. The second kappa shape index (κ2) is 10.3. The summed E-state index contributed by atoms with van der Waals surface area (Å²) in [5.74, 6) is 1.55. The average molecular weight is 561 g/mol. The van der Waals surface area contributed by atoms with Gasteiger partial charge in [-0.1, -0.05) is 20.8 Å². The molecule has 0 bridgehead atoms. The zero-order chi connectivity index (χ0) is 28.5. The Hall–Kier alpha value is -4.91. The smallest absolute Gasteiger partial charge is 0.324 e. The van der Waals surface area contributed by atoms with Crippen LogP contribution in [0.1, 0.15) is 26.5 Å². The first kappa shape index (κ1) is 26.7. The number of fused-ring (bicyclic) bond motifs is 1. The molecule has 0 radical (unpaired) electrons. The van der Waals surface area contributed by atoms with Crippen LogP contribution in [0.3, 0.4) is 0 Å². The number of nitrogens with zero attached hydrogens (tertiary/aromatic N) is 4. The van der Waals surface area contributed by atoms with E-state index < -0.39 is 16.1 Å². The Labute approximate surface area is 230 Å². The number of hydrogen-bond donors (Lipinski definition) is 4. The summed E-state index contributed by atoms with van der Waals surface area (Å²) in [6.07, 6.45) is 4.11. The van der Waals surface area contributed by atoms with Gasteiger partial charge in [0, 0.05) is 29.4 Å². The van der Waals surface area contributed by atoms with Crippen molar-refractivity contribution in [1.29, 1.82) is 0 Å². The molecule has 0 aliphatic heterocycles. The van der Waals surface area contributed by atoms with Gasteiger partial charge in [0.15, 0.2) is 0 Å². The highest BCUT2D eigenvalue weighted by Gasteiger charge is 2.22. The van der Waals surface area contributed by atoms with Crippen LogP contribution in [0.2, 0.25) is 0 Å². The van der Waals surface area contributed by atoms with E-state index in [-0.39, 0.29) is 11.2 Å². The molecule has 0 saturated heterocycles. The van der Waals surface area contributed by atoms with Crippen molar-refractivity contribution in [3.05, 3.63) is 78.9 Å². The predicted octanol–water partition coefficient (Wildman–Crippen LogP) is 5.25. The van der Waals surface area contributed by atoms with E-state index in [1.165, 1.54) is 12.3 Å². The van der Waals surface area contributed by atoms with Crippen molar-refractivity contribution >= 4 is 44.4 Å². The van der Waals surface area contributed by atoms with Crippen LogP contribution in [0, 0.1) is 0 Å². The highest BCUT2D eigenvalue weighted by Crippen LogP contribution is 2.28. The summed E-state index contributed by atoms with van der Waals surface area (Å²) in [5.41, 5.74) is 3.59. The Morgan fingerprint density at radius 3 is 2.45 bits per heavy atom. The molecule has 5 rings (SSSR count). The molecule has 0 aliphatic carbocycles. The van der Waals surface area contributed by atoms with Crippen LogP contribution >= 0.6 is 0 Å². The Bertz CT molecular complexity index is 1790. The van der Waals surface area contributed by atoms with Crippen molar-refractivity contribution < 1.29 is 17.9 Å². The number of hydrogen-bond acceptors (Lipinski definition) is 7. The third-order valence-corrected chi connectivity index (χ3v) is 6.32. The lowest BCUT2D eigenvalue weighted by molar-refractivity contribution is 0.262. The molecule has 0 saturated carbocycles. The third-order valence-electron chi connectivity index (χ3n) is 5.74. The van der Waals surface area contributed by atoms with Crippen LogP contribution in [-0.2, 0) is 15.4 Å². The zero-order valence-electron chi connectivity index (χ0n) is 22.3. The van der Waals surface area contributed by atoms with E-state index in [0.717, 1.165) is 28.7 Å². The normalized spacial score (nSPS) is 11.8. The minimum absolute atomic E-state index is 0.147. The van der Waals surface area contributed by atoms with E-state index in [1.807, 2.05) is 24.3 Å². The molecule has 206 valence electrons. The number of rotatable bonds is 7. The second-order valence-corrected chi connectivity index (χ2v) is 11.9. The average Bonchev–Trinajstić information content (AvgIpc) is 3.51. The Kier molecular flexibility index (Phi) is 6.90. The quantitative estimate of drug-likeness (QED) is 0.212. The molecule has 2 aromatic carbocycles. The van der Waals surface area contributed by atoms with Crippen molar-refractivity contribution in [2.24, 2.45) is 0 Å².